The molecule has 0 saturated heterocycles. The van der Waals surface area contributed by atoms with Crippen molar-refractivity contribution in [2.24, 2.45) is 0 Å². The van der Waals surface area contributed by atoms with Crippen molar-refractivity contribution in [3.8, 4) is 0 Å². The van der Waals surface area contributed by atoms with Crippen molar-refractivity contribution in [3.05, 3.63) is 48.5 Å². The molecule has 4 nitrogen and oxygen atoms in total. The SMILES string of the molecule is CSc1nc(N)cc(Nc2ccc3ccccc3c2)n1. The zero-order chi connectivity index (χ0) is 13.9. The molecule has 1 heterocycles. The first kappa shape index (κ1) is 12.7. The molecule has 3 rings (SSSR count). The molecule has 0 bridgehead atoms. The number of benzene rings is 2. The van der Waals surface area contributed by atoms with Crippen molar-refractivity contribution in [2.75, 3.05) is 17.3 Å². The van der Waals surface area contributed by atoms with Gasteiger partial charge < -0.3 is 11.1 Å². The van der Waals surface area contributed by atoms with Crippen LogP contribution >= 0.6 is 11.8 Å². The molecule has 0 aliphatic heterocycles. The molecule has 20 heavy (non-hydrogen) atoms. The average Bonchev–Trinajstić information content (AvgIpc) is 2.46. The van der Waals surface area contributed by atoms with Crippen molar-refractivity contribution in [1.82, 2.24) is 9.97 Å². The Kier molecular flexibility index (Phi) is 3.43. The standard InChI is InChI=1S/C15H14N4S/c1-20-15-18-13(16)9-14(19-15)17-12-7-6-10-4-2-3-5-11(10)8-12/h2-9H,1H3,(H3,16,17,18,19). The molecule has 5 heteroatoms. The van der Waals surface area contributed by atoms with Gasteiger partial charge in [-0.3, -0.25) is 0 Å². The highest BCUT2D eigenvalue weighted by Gasteiger charge is 2.03. The highest BCUT2D eigenvalue weighted by molar-refractivity contribution is 7.98. The van der Waals surface area contributed by atoms with Crippen LogP contribution in [0.1, 0.15) is 0 Å². The molecule has 1 aromatic heterocycles. The van der Waals surface area contributed by atoms with Gasteiger partial charge in [0, 0.05) is 11.8 Å². The average molecular weight is 282 g/mol. The highest BCUT2D eigenvalue weighted by atomic mass is 32.2. The third-order valence-electron chi connectivity index (χ3n) is 2.93. The molecule has 2 aromatic carbocycles. The number of nitrogens with one attached hydrogen (secondary N) is 1. The van der Waals surface area contributed by atoms with E-state index >= 15 is 0 Å². The molecule has 0 aliphatic rings. The minimum absolute atomic E-state index is 0.465. The molecule has 0 saturated carbocycles. The molecule has 0 unspecified atom stereocenters. The number of nitrogen functional groups attached to an aromatic ring is 1. The summed E-state index contributed by atoms with van der Waals surface area (Å²) in [4.78, 5) is 8.52. The predicted octanol–water partition coefficient (Wildman–Crippen LogP) is 3.68. The van der Waals surface area contributed by atoms with E-state index in [0.29, 0.717) is 16.8 Å². The predicted molar refractivity (Wildman–Crippen MR) is 85.5 cm³/mol. The van der Waals surface area contributed by atoms with Gasteiger partial charge in [-0.1, -0.05) is 42.1 Å². The number of thioether (sulfide) groups is 1. The van der Waals surface area contributed by atoms with Gasteiger partial charge >= 0.3 is 0 Å². The Morgan fingerprint density at radius 2 is 1.80 bits per heavy atom. The van der Waals surface area contributed by atoms with E-state index < -0.39 is 0 Å². The van der Waals surface area contributed by atoms with Crippen LogP contribution in [-0.2, 0) is 0 Å². The summed E-state index contributed by atoms with van der Waals surface area (Å²) < 4.78 is 0. The normalized spacial score (nSPS) is 10.7. The van der Waals surface area contributed by atoms with Crippen LogP contribution in [-0.4, -0.2) is 16.2 Å². The van der Waals surface area contributed by atoms with Crippen molar-refractivity contribution in [1.29, 1.82) is 0 Å². The van der Waals surface area contributed by atoms with Crippen LogP contribution in [0.4, 0.5) is 17.3 Å². The second kappa shape index (κ2) is 5.38. The Morgan fingerprint density at radius 3 is 2.60 bits per heavy atom. The summed E-state index contributed by atoms with van der Waals surface area (Å²) in [5, 5.41) is 6.33. The third-order valence-corrected chi connectivity index (χ3v) is 3.48. The van der Waals surface area contributed by atoms with E-state index in [2.05, 4.69) is 39.6 Å². The van der Waals surface area contributed by atoms with Gasteiger partial charge in [0.15, 0.2) is 5.16 Å². The molecule has 3 N–H and O–H groups in total. The number of fused-ring (bicyclic) bond motifs is 1. The largest absolute Gasteiger partial charge is 0.383 e. The van der Waals surface area contributed by atoms with Crippen molar-refractivity contribution in [3.63, 3.8) is 0 Å². The van der Waals surface area contributed by atoms with Crippen LogP contribution in [0.15, 0.2) is 53.7 Å². The number of hydrogen-bond acceptors (Lipinski definition) is 5. The van der Waals surface area contributed by atoms with Gasteiger partial charge in [-0.25, -0.2) is 9.97 Å². The van der Waals surface area contributed by atoms with Crippen molar-refractivity contribution < 1.29 is 0 Å². The fourth-order valence-corrected chi connectivity index (χ4v) is 2.40. The molecule has 0 radical (unpaired) electrons. The van der Waals surface area contributed by atoms with E-state index in [-0.39, 0.29) is 0 Å². The molecule has 0 spiro atoms. The summed E-state index contributed by atoms with van der Waals surface area (Å²) in [5.41, 5.74) is 6.76. The molecule has 0 amide bonds. The highest BCUT2D eigenvalue weighted by Crippen LogP contribution is 2.23. The van der Waals surface area contributed by atoms with E-state index in [1.54, 1.807) is 6.07 Å². The minimum atomic E-state index is 0.465. The maximum absolute atomic E-state index is 5.77. The zero-order valence-corrected chi connectivity index (χ0v) is 11.8. The number of rotatable bonds is 3. The zero-order valence-electron chi connectivity index (χ0n) is 11.0. The summed E-state index contributed by atoms with van der Waals surface area (Å²) in [6, 6.07) is 16.2. The molecule has 0 fully saturated rings. The number of nitrogens with two attached hydrogens (primary N) is 1. The van der Waals surface area contributed by atoms with Gasteiger partial charge in [0.1, 0.15) is 11.6 Å². The van der Waals surface area contributed by atoms with Gasteiger partial charge in [-0.2, -0.15) is 0 Å². The molecule has 0 aliphatic carbocycles. The first-order valence-corrected chi connectivity index (χ1v) is 7.41. The topological polar surface area (TPSA) is 63.8 Å². The van der Waals surface area contributed by atoms with Gasteiger partial charge in [-0.05, 0) is 29.2 Å². The summed E-state index contributed by atoms with van der Waals surface area (Å²) in [7, 11) is 0. The Morgan fingerprint density at radius 1 is 1.00 bits per heavy atom. The van der Waals surface area contributed by atoms with Crippen LogP contribution in [0.25, 0.3) is 10.8 Å². The lowest BCUT2D eigenvalue weighted by Crippen LogP contribution is -2.00. The van der Waals surface area contributed by atoms with Crippen molar-refractivity contribution >= 4 is 39.9 Å². The molecular weight excluding hydrogens is 268 g/mol. The third kappa shape index (κ3) is 2.67. The second-order valence-corrected chi connectivity index (χ2v) is 5.13. The van der Waals surface area contributed by atoms with Crippen LogP contribution in [0.2, 0.25) is 0 Å². The number of anilines is 3. The number of hydrogen-bond donors (Lipinski definition) is 2. The fraction of sp³-hybridized carbons (Fsp3) is 0.0667. The van der Waals surface area contributed by atoms with Crippen LogP contribution in [0, 0.1) is 0 Å². The van der Waals surface area contributed by atoms with Crippen LogP contribution in [0.5, 0.6) is 0 Å². The summed E-state index contributed by atoms with van der Waals surface area (Å²) >= 11 is 1.47. The lowest BCUT2D eigenvalue weighted by Gasteiger charge is -2.08. The van der Waals surface area contributed by atoms with Crippen molar-refractivity contribution in [2.45, 2.75) is 5.16 Å². The van der Waals surface area contributed by atoms with Gasteiger partial charge in [-0.15, -0.1) is 0 Å². The smallest absolute Gasteiger partial charge is 0.191 e. The van der Waals surface area contributed by atoms with Gasteiger partial charge in [0.05, 0.1) is 0 Å². The monoisotopic (exact) mass is 282 g/mol. The summed E-state index contributed by atoms with van der Waals surface area (Å²) in [6.07, 6.45) is 1.93. The maximum atomic E-state index is 5.77. The first-order valence-electron chi connectivity index (χ1n) is 6.19. The second-order valence-electron chi connectivity index (χ2n) is 4.35. The molecular formula is C15H14N4S. The Balaban J connectivity index is 1.94. The Hall–Kier alpha value is -2.27. The van der Waals surface area contributed by atoms with E-state index in [1.807, 2.05) is 24.5 Å². The molecule has 100 valence electrons. The lowest BCUT2D eigenvalue weighted by molar-refractivity contribution is 0.984. The quantitative estimate of drug-likeness (QED) is 0.567. The van der Waals surface area contributed by atoms with E-state index in [4.69, 9.17) is 5.73 Å². The Labute approximate surface area is 121 Å². The first-order chi connectivity index (χ1) is 9.74. The van der Waals surface area contributed by atoms with E-state index in [9.17, 15) is 0 Å². The van der Waals surface area contributed by atoms with Gasteiger partial charge in [0.25, 0.3) is 0 Å². The maximum Gasteiger partial charge on any atom is 0.191 e. The van der Waals surface area contributed by atoms with E-state index in [0.717, 1.165) is 5.69 Å². The molecule has 0 atom stereocenters. The lowest BCUT2D eigenvalue weighted by atomic mass is 10.1. The van der Waals surface area contributed by atoms with Crippen LogP contribution < -0.4 is 11.1 Å². The fourth-order valence-electron chi connectivity index (χ4n) is 2.01. The van der Waals surface area contributed by atoms with E-state index in [1.165, 1.54) is 22.5 Å². The summed E-state index contributed by atoms with van der Waals surface area (Å²) in [5.74, 6) is 1.17. The Bertz CT molecular complexity index is 758. The minimum Gasteiger partial charge on any atom is -0.383 e. The number of nitrogens with zero attached hydrogens (tertiary/aromatic N) is 2. The summed E-state index contributed by atoms with van der Waals surface area (Å²) in [6.45, 7) is 0. The number of aromatic nitrogens is 2. The van der Waals surface area contributed by atoms with Crippen LogP contribution in [0.3, 0.4) is 0 Å². The molecule has 3 aromatic rings. The van der Waals surface area contributed by atoms with Gasteiger partial charge in [0.2, 0.25) is 0 Å².